The molecule has 0 N–H and O–H groups in total. The summed E-state index contributed by atoms with van der Waals surface area (Å²) in [7, 11) is 0. The molecule has 0 unspecified atom stereocenters. The van der Waals surface area contributed by atoms with Crippen molar-refractivity contribution in [3.05, 3.63) is 29.4 Å². The second-order valence-electron chi connectivity index (χ2n) is 3.03. The number of ether oxygens (including phenoxy) is 1. The topological polar surface area (TPSA) is 31.2 Å². The van der Waals surface area contributed by atoms with Crippen LogP contribution in [0.15, 0.2) is 24.4 Å². The average Bonchev–Trinajstić information content (AvgIpc) is 2.44. The van der Waals surface area contributed by atoms with E-state index in [1.54, 1.807) is 15.9 Å². The molecule has 0 bridgehead atoms. The number of benzene rings is 1. The first-order valence-electron chi connectivity index (χ1n) is 4.23. The molecule has 0 radical (unpaired) electrons. The van der Waals surface area contributed by atoms with Gasteiger partial charge in [-0.1, -0.05) is 17.7 Å². The van der Waals surface area contributed by atoms with Gasteiger partial charge in [0.05, 0.1) is 38.3 Å². The Labute approximate surface area is 99.9 Å². The van der Waals surface area contributed by atoms with E-state index in [4.69, 9.17) is 16.3 Å². The number of halogens is 2. The fourth-order valence-electron chi connectivity index (χ4n) is 1.40. The molecule has 0 atom stereocenters. The normalized spacial score (nSPS) is 10.6. The maximum atomic E-state index is 10.9. The third kappa shape index (κ3) is 1.87. The number of carbonyl (C=O) groups is 1. The summed E-state index contributed by atoms with van der Waals surface area (Å²) in [6.07, 6.45) is 1.66. The lowest BCUT2D eigenvalue weighted by atomic mass is 10.2. The van der Waals surface area contributed by atoms with Crippen LogP contribution in [-0.2, 0) is 4.79 Å². The number of hydrogen-bond donors (Lipinski definition) is 0. The lowest BCUT2D eigenvalue weighted by molar-refractivity contribution is -0.131. The predicted octanol–water partition coefficient (Wildman–Crippen LogP) is 3.38. The smallest absolute Gasteiger partial charge is 0.308 e. The highest BCUT2D eigenvalue weighted by Gasteiger charge is 2.12. The second kappa shape index (κ2) is 3.87. The van der Waals surface area contributed by atoms with Crippen LogP contribution in [0.1, 0.15) is 6.92 Å². The zero-order chi connectivity index (χ0) is 11.0. The van der Waals surface area contributed by atoms with E-state index in [1.807, 2.05) is 12.1 Å². The molecule has 1 heterocycles. The third-order valence-corrected chi connectivity index (χ3v) is 2.85. The molecular weight excluding hydrogens is 281 g/mol. The van der Waals surface area contributed by atoms with Gasteiger partial charge in [0.15, 0.2) is 5.75 Å². The predicted molar refractivity (Wildman–Crippen MR) is 62.6 cm³/mol. The number of rotatable bonds is 1. The van der Waals surface area contributed by atoms with Gasteiger partial charge < -0.3 is 4.74 Å². The van der Waals surface area contributed by atoms with Gasteiger partial charge in [0.25, 0.3) is 0 Å². The van der Waals surface area contributed by atoms with E-state index >= 15 is 0 Å². The first-order chi connectivity index (χ1) is 7.09. The van der Waals surface area contributed by atoms with Gasteiger partial charge in [-0.3, -0.25) is 8.39 Å². The van der Waals surface area contributed by atoms with E-state index in [2.05, 4.69) is 16.1 Å². The molecule has 5 heteroatoms. The Morgan fingerprint density at radius 2 is 2.27 bits per heavy atom. The molecule has 0 spiro atoms. The zero-order valence-corrected chi connectivity index (χ0v) is 10.2. The molecule has 0 aliphatic rings. The molecule has 0 aliphatic carbocycles. The summed E-state index contributed by atoms with van der Waals surface area (Å²) in [5, 5.41) is 1.29. The van der Waals surface area contributed by atoms with E-state index in [0.29, 0.717) is 10.8 Å². The Morgan fingerprint density at radius 3 is 2.93 bits per heavy atom. The molecule has 78 valence electrons. The quantitative estimate of drug-likeness (QED) is 0.753. The Kier molecular flexibility index (Phi) is 2.71. The van der Waals surface area contributed by atoms with Crippen molar-refractivity contribution in [1.82, 2.24) is 3.59 Å². The minimum Gasteiger partial charge on any atom is -0.424 e. The number of nitrogens with zero attached hydrogens (tertiary/aromatic N) is 1. The molecule has 1 aromatic heterocycles. The van der Waals surface area contributed by atoms with Gasteiger partial charge in [-0.15, -0.1) is 0 Å². The van der Waals surface area contributed by atoms with Gasteiger partial charge in [-0.2, -0.15) is 0 Å². The highest BCUT2D eigenvalue weighted by molar-refractivity contribution is 9.08. The summed E-state index contributed by atoms with van der Waals surface area (Å²) in [5.74, 6) is 0.0925. The molecule has 2 aromatic rings. The summed E-state index contributed by atoms with van der Waals surface area (Å²) in [6, 6.07) is 5.47. The van der Waals surface area contributed by atoms with Crippen molar-refractivity contribution in [3.8, 4) is 5.75 Å². The van der Waals surface area contributed by atoms with Crippen molar-refractivity contribution >= 4 is 44.6 Å². The fourth-order valence-corrected chi connectivity index (χ4v) is 2.15. The lowest BCUT2D eigenvalue weighted by Crippen LogP contribution is -2.00. The summed E-state index contributed by atoms with van der Waals surface area (Å²) < 4.78 is 6.74. The first-order valence-corrected chi connectivity index (χ1v) is 5.32. The maximum Gasteiger partial charge on any atom is 0.308 e. The molecular formula is C10H7BrClNO2. The van der Waals surface area contributed by atoms with Crippen LogP contribution < -0.4 is 4.74 Å². The molecule has 0 amide bonds. The summed E-state index contributed by atoms with van der Waals surface area (Å²) in [5.41, 5.74) is 0.860. The summed E-state index contributed by atoms with van der Waals surface area (Å²) in [4.78, 5) is 10.9. The number of aromatic nitrogens is 1. The van der Waals surface area contributed by atoms with E-state index < -0.39 is 0 Å². The number of carbonyl (C=O) groups excluding carboxylic acids is 1. The zero-order valence-electron chi connectivity index (χ0n) is 7.83. The van der Waals surface area contributed by atoms with Gasteiger partial charge in [0, 0.05) is 6.92 Å². The largest absolute Gasteiger partial charge is 0.424 e. The van der Waals surface area contributed by atoms with E-state index in [9.17, 15) is 4.79 Å². The van der Waals surface area contributed by atoms with Crippen molar-refractivity contribution in [3.63, 3.8) is 0 Å². The molecule has 15 heavy (non-hydrogen) atoms. The van der Waals surface area contributed by atoms with Gasteiger partial charge in [-0.25, -0.2) is 0 Å². The SMILES string of the molecule is CC(=O)Oc1cn(Br)c2cccc(Cl)c12. The van der Waals surface area contributed by atoms with E-state index in [-0.39, 0.29) is 5.97 Å². The monoisotopic (exact) mass is 287 g/mol. The van der Waals surface area contributed by atoms with Crippen molar-refractivity contribution in [2.24, 2.45) is 0 Å². The van der Waals surface area contributed by atoms with Crippen LogP contribution in [0.3, 0.4) is 0 Å². The number of hydrogen-bond acceptors (Lipinski definition) is 2. The van der Waals surface area contributed by atoms with Crippen LogP contribution in [0.25, 0.3) is 10.9 Å². The number of fused-ring (bicyclic) bond motifs is 1. The average molecular weight is 289 g/mol. The molecule has 0 fully saturated rings. The number of esters is 1. The molecule has 0 aliphatic heterocycles. The Hall–Kier alpha value is -1.00. The molecule has 3 nitrogen and oxygen atoms in total. The van der Waals surface area contributed by atoms with Crippen LogP contribution >= 0.6 is 27.7 Å². The highest BCUT2D eigenvalue weighted by Crippen LogP contribution is 2.35. The Balaban J connectivity index is 2.70. The van der Waals surface area contributed by atoms with Crippen molar-refractivity contribution in [2.75, 3.05) is 0 Å². The fraction of sp³-hybridized carbons (Fsp3) is 0.100. The maximum absolute atomic E-state index is 10.9. The van der Waals surface area contributed by atoms with Crippen molar-refractivity contribution in [1.29, 1.82) is 0 Å². The van der Waals surface area contributed by atoms with Gasteiger partial charge in [-0.05, 0) is 12.1 Å². The lowest BCUT2D eigenvalue weighted by Gasteiger charge is -1.99. The van der Waals surface area contributed by atoms with Gasteiger partial charge >= 0.3 is 5.97 Å². The molecule has 0 saturated carbocycles. The second-order valence-corrected chi connectivity index (χ2v) is 4.20. The van der Waals surface area contributed by atoms with Crippen LogP contribution in [0.5, 0.6) is 5.75 Å². The van der Waals surface area contributed by atoms with Crippen LogP contribution in [-0.4, -0.2) is 9.56 Å². The molecule has 1 aromatic carbocycles. The van der Waals surface area contributed by atoms with Gasteiger partial charge in [0.2, 0.25) is 0 Å². The Bertz CT molecular complexity index is 535. The summed E-state index contributed by atoms with van der Waals surface area (Å²) in [6.45, 7) is 1.36. The third-order valence-electron chi connectivity index (χ3n) is 1.95. The van der Waals surface area contributed by atoms with Crippen LogP contribution in [0.2, 0.25) is 5.02 Å². The Morgan fingerprint density at radius 1 is 1.53 bits per heavy atom. The first kappa shape index (κ1) is 10.5. The van der Waals surface area contributed by atoms with Gasteiger partial charge in [0.1, 0.15) is 0 Å². The van der Waals surface area contributed by atoms with Crippen molar-refractivity contribution < 1.29 is 9.53 Å². The highest BCUT2D eigenvalue weighted by atomic mass is 79.9. The minimum atomic E-state index is -0.366. The van der Waals surface area contributed by atoms with Crippen LogP contribution in [0, 0.1) is 0 Å². The van der Waals surface area contributed by atoms with Crippen molar-refractivity contribution in [2.45, 2.75) is 6.92 Å². The van der Waals surface area contributed by atoms with E-state index in [0.717, 1.165) is 10.9 Å². The molecule has 2 rings (SSSR count). The minimum absolute atomic E-state index is 0.366. The van der Waals surface area contributed by atoms with Crippen LogP contribution in [0.4, 0.5) is 0 Å². The summed E-state index contributed by atoms with van der Waals surface area (Å²) >= 11 is 9.34. The standard InChI is InChI=1S/C10H7BrClNO2/c1-6(14)15-9-5-13(11)8-4-2-3-7(12)10(8)9/h2-5H,1H3. The van der Waals surface area contributed by atoms with E-state index in [1.165, 1.54) is 6.92 Å². The molecule has 0 saturated heterocycles.